The van der Waals surface area contributed by atoms with Crippen LogP contribution in [0.5, 0.6) is 11.5 Å². The van der Waals surface area contributed by atoms with Crippen molar-refractivity contribution in [1.82, 2.24) is 10.3 Å². The van der Waals surface area contributed by atoms with Crippen molar-refractivity contribution < 1.29 is 19.1 Å². The number of piperidine rings is 1. The van der Waals surface area contributed by atoms with E-state index in [-0.39, 0.29) is 18.4 Å². The van der Waals surface area contributed by atoms with Crippen LogP contribution in [0.3, 0.4) is 0 Å². The Bertz CT molecular complexity index is 922. The molecule has 0 atom stereocenters. The van der Waals surface area contributed by atoms with Crippen LogP contribution in [0.2, 0.25) is 0 Å². The lowest BCUT2D eigenvalue weighted by Gasteiger charge is -2.26. The van der Waals surface area contributed by atoms with E-state index in [4.69, 9.17) is 15.2 Å². The fourth-order valence-electron chi connectivity index (χ4n) is 3.23. The number of ether oxygens (including phenoxy) is 2. The van der Waals surface area contributed by atoms with Crippen LogP contribution in [-0.2, 0) is 4.79 Å². The number of rotatable bonds is 8. The standard InChI is InChI=1S/C23H28N4O4/c1-2-30-21-14-17(15-25-26-23(29)18-7-9-19(24)10-8-18)6-11-20(21)31-16-22(28)27-12-4-3-5-13-27/h6-11,14-15H,2-5,12-13,16,24H2,1H3,(H,26,29)/b25-15-. The molecule has 3 N–H and O–H groups in total. The van der Waals surface area contributed by atoms with Crippen molar-refractivity contribution >= 4 is 23.7 Å². The summed E-state index contributed by atoms with van der Waals surface area (Å²) in [4.78, 5) is 26.3. The van der Waals surface area contributed by atoms with Gasteiger partial charge in [0.2, 0.25) is 0 Å². The van der Waals surface area contributed by atoms with E-state index in [0.29, 0.717) is 29.4 Å². The van der Waals surface area contributed by atoms with Gasteiger partial charge in [0, 0.05) is 24.3 Å². The number of nitrogen functional groups attached to an aromatic ring is 1. The third-order valence-electron chi connectivity index (χ3n) is 4.88. The van der Waals surface area contributed by atoms with E-state index in [1.54, 1.807) is 42.5 Å². The summed E-state index contributed by atoms with van der Waals surface area (Å²) in [7, 11) is 0. The number of likely N-dealkylation sites (tertiary alicyclic amines) is 1. The zero-order valence-corrected chi connectivity index (χ0v) is 17.7. The molecule has 0 spiro atoms. The molecule has 8 heteroatoms. The zero-order chi connectivity index (χ0) is 22.1. The molecule has 2 amide bonds. The topological polar surface area (TPSA) is 106 Å². The van der Waals surface area contributed by atoms with Crippen molar-refractivity contribution in [2.24, 2.45) is 5.10 Å². The van der Waals surface area contributed by atoms with E-state index in [1.165, 1.54) is 12.6 Å². The van der Waals surface area contributed by atoms with E-state index in [1.807, 2.05) is 11.8 Å². The Kier molecular flexibility index (Phi) is 7.86. The molecule has 0 saturated carbocycles. The first-order valence-corrected chi connectivity index (χ1v) is 10.4. The quantitative estimate of drug-likeness (QED) is 0.385. The largest absolute Gasteiger partial charge is 0.490 e. The van der Waals surface area contributed by atoms with Crippen molar-refractivity contribution in [2.45, 2.75) is 26.2 Å². The predicted octanol–water partition coefficient (Wildman–Crippen LogP) is 2.82. The Morgan fingerprint density at radius 1 is 1.06 bits per heavy atom. The Hall–Kier alpha value is -3.55. The second-order valence-electron chi connectivity index (χ2n) is 7.19. The van der Waals surface area contributed by atoms with Crippen LogP contribution >= 0.6 is 0 Å². The maximum atomic E-state index is 12.3. The molecule has 31 heavy (non-hydrogen) atoms. The summed E-state index contributed by atoms with van der Waals surface area (Å²) >= 11 is 0. The molecule has 2 aromatic carbocycles. The SMILES string of the molecule is CCOc1cc(/C=N\NC(=O)c2ccc(N)cc2)ccc1OCC(=O)N1CCCCC1. The van der Waals surface area contributed by atoms with Crippen molar-refractivity contribution in [2.75, 3.05) is 32.0 Å². The Labute approximate surface area is 182 Å². The van der Waals surface area contributed by atoms with Gasteiger partial charge in [0.05, 0.1) is 12.8 Å². The van der Waals surface area contributed by atoms with Gasteiger partial charge in [0.25, 0.3) is 11.8 Å². The summed E-state index contributed by atoms with van der Waals surface area (Å²) in [6, 6.07) is 11.8. The first-order chi connectivity index (χ1) is 15.1. The summed E-state index contributed by atoms with van der Waals surface area (Å²) in [5.74, 6) is 0.661. The number of benzene rings is 2. The van der Waals surface area contributed by atoms with Gasteiger partial charge >= 0.3 is 0 Å². The van der Waals surface area contributed by atoms with Crippen LogP contribution in [0, 0.1) is 0 Å². The number of nitrogens with two attached hydrogens (primary N) is 1. The molecule has 1 saturated heterocycles. The van der Waals surface area contributed by atoms with Crippen molar-refractivity contribution in [3.05, 3.63) is 53.6 Å². The molecule has 164 valence electrons. The number of carbonyl (C=O) groups excluding carboxylic acids is 2. The molecule has 1 heterocycles. The minimum atomic E-state index is -0.336. The fraction of sp³-hybridized carbons (Fsp3) is 0.348. The molecular formula is C23H28N4O4. The molecule has 0 bridgehead atoms. The lowest BCUT2D eigenvalue weighted by molar-refractivity contribution is -0.134. The second kappa shape index (κ2) is 11.0. The predicted molar refractivity (Wildman–Crippen MR) is 119 cm³/mol. The molecule has 3 rings (SSSR count). The molecule has 2 aromatic rings. The maximum Gasteiger partial charge on any atom is 0.271 e. The van der Waals surface area contributed by atoms with Crippen molar-refractivity contribution in [3.63, 3.8) is 0 Å². The molecule has 0 radical (unpaired) electrons. The summed E-state index contributed by atoms with van der Waals surface area (Å²) in [5, 5.41) is 3.99. The molecule has 1 aliphatic heterocycles. The first kappa shape index (κ1) is 22.1. The molecule has 0 aliphatic carbocycles. The van der Waals surface area contributed by atoms with E-state index in [9.17, 15) is 9.59 Å². The number of anilines is 1. The number of hydrogen-bond donors (Lipinski definition) is 2. The number of hydrogen-bond acceptors (Lipinski definition) is 6. The summed E-state index contributed by atoms with van der Waals surface area (Å²) < 4.78 is 11.4. The third kappa shape index (κ3) is 6.47. The molecule has 1 aliphatic rings. The van der Waals surface area contributed by atoms with Gasteiger partial charge in [-0.15, -0.1) is 0 Å². The van der Waals surface area contributed by atoms with E-state index in [0.717, 1.165) is 31.5 Å². The highest BCUT2D eigenvalue weighted by molar-refractivity contribution is 5.95. The lowest BCUT2D eigenvalue weighted by Crippen LogP contribution is -2.38. The van der Waals surface area contributed by atoms with Crippen molar-refractivity contribution in [1.29, 1.82) is 0 Å². The van der Waals surface area contributed by atoms with Gasteiger partial charge in [-0.1, -0.05) is 0 Å². The Morgan fingerprint density at radius 2 is 1.81 bits per heavy atom. The van der Waals surface area contributed by atoms with Gasteiger partial charge in [-0.05, 0) is 74.2 Å². The number of carbonyl (C=O) groups is 2. The highest BCUT2D eigenvalue weighted by atomic mass is 16.5. The molecule has 1 fully saturated rings. The third-order valence-corrected chi connectivity index (χ3v) is 4.88. The summed E-state index contributed by atoms with van der Waals surface area (Å²) in [6.45, 7) is 3.88. The minimum absolute atomic E-state index is 0.0156. The highest BCUT2D eigenvalue weighted by Gasteiger charge is 2.17. The highest BCUT2D eigenvalue weighted by Crippen LogP contribution is 2.28. The van der Waals surface area contributed by atoms with E-state index < -0.39 is 0 Å². The average Bonchev–Trinajstić information content (AvgIpc) is 2.79. The molecule has 0 unspecified atom stereocenters. The second-order valence-corrected chi connectivity index (χ2v) is 7.19. The number of nitrogens with zero attached hydrogens (tertiary/aromatic N) is 2. The lowest BCUT2D eigenvalue weighted by atomic mass is 10.1. The van der Waals surface area contributed by atoms with E-state index >= 15 is 0 Å². The fourth-order valence-corrected chi connectivity index (χ4v) is 3.23. The van der Waals surface area contributed by atoms with Gasteiger partial charge in [0.1, 0.15) is 0 Å². The monoisotopic (exact) mass is 424 g/mol. The van der Waals surface area contributed by atoms with Gasteiger partial charge in [-0.25, -0.2) is 5.43 Å². The maximum absolute atomic E-state index is 12.3. The van der Waals surface area contributed by atoms with Crippen LogP contribution in [0.4, 0.5) is 5.69 Å². The van der Waals surface area contributed by atoms with Crippen LogP contribution in [0.1, 0.15) is 42.1 Å². The van der Waals surface area contributed by atoms with Crippen LogP contribution in [0.25, 0.3) is 0 Å². The average molecular weight is 425 g/mol. The van der Waals surface area contributed by atoms with Crippen LogP contribution < -0.4 is 20.6 Å². The van der Waals surface area contributed by atoms with Gasteiger partial charge < -0.3 is 20.1 Å². The van der Waals surface area contributed by atoms with Crippen LogP contribution in [-0.4, -0.2) is 49.2 Å². The minimum Gasteiger partial charge on any atom is -0.490 e. The number of hydrazone groups is 1. The first-order valence-electron chi connectivity index (χ1n) is 10.4. The molecule has 0 aromatic heterocycles. The molecular weight excluding hydrogens is 396 g/mol. The van der Waals surface area contributed by atoms with Gasteiger partial charge in [-0.2, -0.15) is 5.10 Å². The normalized spacial score (nSPS) is 13.8. The Balaban J connectivity index is 1.59. The van der Waals surface area contributed by atoms with Gasteiger partial charge in [-0.3, -0.25) is 9.59 Å². The summed E-state index contributed by atoms with van der Waals surface area (Å²) in [6.07, 6.45) is 4.76. The number of nitrogens with one attached hydrogen (secondary N) is 1. The van der Waals surface area contributed by atoms with E-state index in [2.05, 4.69) is 10.5 Å². The number of amides is 2. The van der Waals surface area contributed by atoms with Crippen LogP contribution in [0.15, 0.2) is 47.6 Å². The Morgan fingerprint density at radius 3 is 2.52 bits per heavy atom. The smallest absolute Gasteiger partial charge is 0.271 e. The summed E-state index contributed by atoms with van der Waals surface area (Å²) in [5.41, 5.74) is 9.87. The zero-order valence-electron chi connectivity index (χ0n) is 17.7. The molecule has 8 nitrogen and oxygen atoms in total. The van der Waals surface area contributed by atoms with Crippen molar-refractivity contribution in [3.8, 4) is 11.5 Å². The van der Waals surface area contributed by atoms with Gasteiger partial charge in [0.15, 0.2) is 18.1 Å².